The number of anilines is 1. The highest BCUT2D eigenvalue weighted by Crippen LogP contribution is 2.26. The Balaban J connectivity index is 2.98. The summed E-state index contributed by atoms with van der Waals surface area (Å²) in [6, 6.07) is 3.41. The van der Waals surface area contributed by atoms with E-state index in [1.165, 1.54) is 18.2 Å². The van der Waals surface area contributed by atoms with Crippen LogP contribution >= 0.6 is 15.9 Å². The zero-order chi connectivity index (χ0) is 15.7. The SMILES string of the molecule is CC(C)(C)[C@H](N)C(=O)Nc1ccc(S(N)(=O)=O)cc1Br. The van der Waals surface area contributed by atoms with Crippen molar-refractivity contribution in [2.45, 2.75) is 31.7 Å². The van der Waals surface area contributed by atoms with Crippen LogP contribution in [0.25, 0.3) is 0 Å². The van der Waals surface area contributed by atoms with Crippen molar-refractivity contribution in [2.75, 3.05) is 5.32 Å². The van der Waals surface area contributed by atoms with Crippen molar-refractivity contribution in [1.29, 1.82) is 0 Å². The molecular weight excluding hydrogens is 346 g/mol. The zero-order valence-corrected chi connectivity index (χ0v) is 13.9. The summed E-state index contributed by atoms with van der Waals surface area (Å²) in [4.78, 5) is 12.0. The fourth-order valence-electron chi connectivity index (χ4n) is 1.38. The number of hydrogen-bond donors (Lipinski definition) is 3. The molecule has 0 fully saturated rings. The Kier molecular flexibility index (Phi) is 4.96. The number of nitrogens with one attached hydrogen (secondary N) is 1. The Morgan fingerprint density at radius 2 is 1.90 bits per heavy atom. The van der Waals surface area contributed by atoms with Crippen LogP contribution in [0.1, 0.15) is 20.8 Å². The van der Waals surface area contributed by atoms with Crippen LogP contribution in [0, 0.1) is 5.41 Å². The minimum Gasteiger partial charge on any atom is -0.324 e. The summed E-state index contributed by atoms with van der Waals surface area (Å²) in [5, 5.41) is 7.68. The highest BCUT2D eigenvalue weighted by molar-refractivity contribution is 9.10. The Morgan fingerprint density at radius 1 is 1.35 bits per heavy atom. The van der Waals surface area contributed by atoms with Gasteiger partial charge < -0.3 is 11.1 Å². The molecule has 1 atom stereocenters. The van der Waals surface area contributed by atoms with Gasteiger partial charge in [0.1, 0.15) is 0 Å². The third-order valence-corrected chi connectivity index (χ3v) is 4.31. The van der Waals surface area contributed by atoms with Gasteiger partial charge in [0, 0.05) is 4.47 Å². The summed E-state index contributed by atoms with van der Waals surface area (Å²) < 4.78 is 22.8. The number of sulfonamides is 1. The van der Waals surface area contributed by atoms with Crippen molar-refractivity contribution in [3.8, 4) is 0 Å². The molecule has 0 saturated carbocycles. The molecule has 0 aliphatic carbocycles. The van der Waals surface area contributed by atoms with Gasteiger partial charge in [-0.25, -0.2) is 13.6 Å². The van der Waals surface area contributed by atoms with E-state index < -0.39 is 16.1 Å². The van der Waals surface area contributed by atoms with E-state index in [0.29, 0.717) is 10.2 Å². The second-order valence-electron chi connectivity index (χ2n) is 5.52. The van der Waals surface area contributed by atoms with Gasteiger partial charge in [-0.15, -0.1) is 0 Å². The maximum Gasteiger partial charge on any atom is 0.241 e. The highest BCUT2D eigenvalue weighted by Gasteiger charge is 2.27. The summed E-state index contributed by atoms with van der Waals surface area (Å²) in [7, 11) is -3.78. The first kappa shape index (κ1) is 17.1. The summed E-state index contributed by atoms with van der Waals surface area (Å²) >= 11 is 3.19. The Labute approximate surface area is 127 Å². The van der Waals surface area contributed by atoms with Gasteiger partial charge in [0.25, 0.3) is 0 Å². The van der Waals surface area contributed by atoms with E-state index >= 15 is 0 Å². The summed E-state index contributed by atoms with van der Waals surface area (Å²) in [5.41, 5.74) is 5.90. The predicted octanol–water partition coefficient (Wildman–Crippen LogP) is 1.41. The van der Waals surface area contributed by atoms with Crippen molar-refractivity contribution < 1.29 is 13.2 Å². The van der Waals surface area contributed by atoms with Crippen LogP contribution in [-0.4, -0.2) is 20.4 Å². The largest absolute Gasteiger partial charge is 0.324 e. The monoisotopic (exact) mass is 363 g/mol. The smallest absolute Gasteiger partial charge is 0.241 e. The molecule has 0 aliphatic rings. The fraction of sp³-hybridized carbons (Fsp3) is 0.417. The maximum atomic E-state index is 12.0. The van der Waals surface area contributed by atoms with Crippen LogP contribution in [-0.2, 0) is 14.8 Å². The lowest BCUT2D eigenvalue weighted by Crippen LogP contribution is -2.45. The third kappa shape index (κ3) is 4.27. The number of carbonyl (C=O) groups is 1. The Morgan fingerprint density at radius 3 is 2.30 bits per heavy atom. The standard InChI is InChI=1S/C12H18BrN3O3S/c1-12(2,3)10(14)11(17)16-9-5-4-7(6-8(9)13)20(15,18)19/h4-6,10H,14H2,1-3H3,(H,16,17)(H2,15,18,19)/t10-/m1/s1. The van der Waals surface area contributed by atoms with Crippen molar-refractivity contribution in [2.24, 2.45) is 16.3 Å². The number of amides is 1. The van der Waals surface area contributed by atoms with E-state index in [1.807, 2.05) is 20.8 Å². The van der Waals surface area contributed by atoms with Gasteiger partial charge in [-0.3, -0.25) is 4.79 Å². The van der Waals surface area contributed by atoms with E-state index in [1.54, 1.807) is 0 Å². The molecule has 1 amide bonds. The molecule has 0 bridgehead atoms. The lowest BCUT2D eigenvalue weighted by Gasteiger charge is -2.26. The average molecular weight is 364 g/mol. The number of primary sulfonamides is 1. The molecule has 112 valence electrons. The predicted molar refractivity (Wildman–Crippen MR) is 81.6 cm³/mol. The lowest BCUT2D eigenvalue weighted by atomic mass is 9.87. The number of benzene rings is 1. The van der Waals surface area contributed by atoms with Crippen LogP contribution < -0.4 is 16.2 Å². The minimum atomic E-state index is -3.78. The first-order chi connectivity index (χ1) is 8.93. The van der Waals surface area contributed by atoms with Crippen LogP contribution in [0.15, 0.2) is 27.6 Å². The van der Waals surface area contributed by atoms with Crippen molar-refractivity contribution >= 4 is 37.5 Å². The van der Waals surface area contributed by atoms with Crippen LogP contribution in [0.3, 0.4) is 0 Å². The van der Waals surface area contributed by atoms with Gasteiger partial charge in [-0.05, 0) is 39.5 Å². The van der Waals surface area contributed by atoms with Crippen LogP contribution in [0.4, 0.5) is 5.69 Å². The Bertz CT molecular complexity index is 623. The molecule has 0 radical (unpaired) electrons. The Hall–Kier alpha value is -0.960. The van der Waals surface area contributed by atoms with Gasteiger partial charge in [-0.2, -0.15) is 0 Å². The van der Waals surface area contributed by atoms with E-state index in [4.69, 9.17) is 10.9 Å². The quantitative estimate of drug-likeness (QED) is 0.752. The molecular formula is C12H18BrN3O3S. The third-order valence-electron chi connectivity index (χ3n) is 2.74. The number of halogens is 1. The van der Waals surface area contributed by atoms with Crippen LogP contribution in [0.2, 0.25) is 0 Å². The molecule has 6 nitrogen and oxygen atoms in total. The number of hydrogen-bond acceptors (Lipinski definition) is 4. The van der Waals surface area contributed by atoms with E-state index in [2.05, 4.69) is 21.2 Å². The maximum absolute atomic E-state index is 12.0. The first-order valence-corrected chi connectivity index (χ1v) is 8.15. The number of rotatable bonds is 3. The number of carbonyl (C=O) groups excluding carboxylic acids is 1. The van der Waals surface area contributed by atoms with Crippen molar-refractivity contribution in [3.63, 3.8) is 0 Å². The molecule has 0 aliphatic heterocycles. The average Bonchev–Trinajstić information content (AvgIpc) is 2.28. The second kappa shape index (κ2) is 5.80. The normalized spacial score (nSPS) is 13.9. The van der Waals surface area contributed by atoms with E-state index in [-0.39, 0.29) is 16.2 Å². The van der Waals surface area contributed by atoms with E-state index in [9.17, 15) is 13.2 Å². The molecule has 5 N–H and O–H groups in total. The number of nitrogens with two attached hydrogens (primary N) is 2. The van der Waals surface area contributed by atoms with Gasteiger partial charge >= 0.3 is 0 Å². The zero-order valence-electron chi connectivity index (χ0n) is 11.5. The molecule has 0 unspecified atom stereocenters. The fourth-order valence-corrected chi connectivity index (χ4v) is 2.55. The van der Waals surface area contributed by atoms with Gasteiger partial charge in [0.05, 0.1) is 16.6 Å². The van der Waals surface area contributed by atoms with E-state index in [0.717, 1.165) is 0 Å². The van der Waals surface area contributed by atoms with Crippen molar-refractivity contribution in [1.82, 2.24) is 0 Å². The highest BCUT2D eigenvalue weighted by atomic mass is 79.9. The molecule has 8 heteroatoms. The van der Waals surface area contributed by atoms with Gasteiger partial charge in [-0.1, -0.05) is 20.8 Å². The minimum absolute atomic E-state index is 0.0394. The molecule has 0 aromatic heterocycles. The summed E-state index contributed by atoms with van der Waals surface area (Å²) in [6.07, 6.45) is 0. The molecule has 20 heavy (non-hydrogen) atoms. The first-order valence-electron chi connectivity index (χ1n) is 5.81. The molecule has 0 saturated heterocycles. The molecule has 0 spiro atoms. The second-order valence-corrected chi connectivity index (χ2v) is 7.94. The van der Waals surface area contributed by atoms with Gasteiger partial charge in [0.2, 0.25) is 15.9 Å². The molecule has 1 aromatic rings. The molecule has 1 aromatic carbocycles. The molecule has 0 heterocycles. The van der Waals surface area contributed by atoms with Crippen molar-refractivity contribution in [3.05, 3.63) is 22.7 Å². The van der Waals surface area contributed by atoms with Crippen LogP contribution in [0.5, 0.6) is 0 Å². The summed E-state index contributed by atoms with van der Waals surface area (Å²) in [6.45, 7) is 5.57. The summed E-state index contributed by atoms with van der Waals surface area (Å²) in [5.74, 6) is -0.346. The topological polar surface area (TPSA) is 115 Å². The molecule has 1 rings (SSSR count). The van der Waals surface area contributed by atoms with Gasteiger partial charge in [0.15, 0.2) is 0 Å². The lowest BCUT2D eigenvalue weighted by molar-refractivity contribution is -0.119.